The van der Waals surface area contributed by atoms with Gasteiger partial charge in [-0.05, 0) is 37.3 Å². The number of carboxylic acids is 1. The minimum Gasteiger partial charge on any atom is -0.477 e. The highest BCUT2D eigenvalue weighted by atomic mass is 32.1. The third-order valence-electron chi connectivity index (χ3n) is 3.49. The first-order valence-corrected chi connectivity index (χ1v) is 6.15. The third-order valence-corrected chi connectivity index (χ3v) is 4.61. The highest BCUT2D eigenvalue weighted by Crippen LogP contribution is 2.42. The molecule has 15 heavy (non-hydrogen) atoms. The number of thiophene rings is 1. The molecule has 1 aromatic heterocycles. The van der Waals surface area contributed by atoms with Crippen molar-refractivity contribution < 1.29 is 9.90 Å². The highest BCUT2D eigenvalue weighted by Gasteiger charge is 2.38. The molecule has 2 fully saturated rings. The Morgan fingerprint density at radius 1 is 1.47 bits per heavy atom. The van der Waals surface area contributed by atoms with E-state index in [1.165, 1.54) is 30.6 Å². The molecule has 80 valence electrons. The van der Waals surface area contributed by atoms with E-state index < -0.39 is 5.97 Å². The number of aromatic carboxylic acids is 1. The number of nitrogens with zero attached hydrogens (tertiary/aromatic N) is 1. The van der Waals surface area contributed by atoms with Crippen LogP contribution in [0.2, 0.25) is 0 Å². The first kappa shape index (κ1) is 9.21. The van der Waals surface area contributed by atoms with Crippen LogP contribution >= 0.6 is 11.3 Å². The molecule has 3 nitrogen and oxygen atoms in total. The largest absolute Gasteiger partial charge is 0.477 e. The highest BCUT2D eigenvalue weighted by molar-refractivity contribution is 7.17. The monoisotopic (exact) mass is 223 g/mol. The maximum absolute atomic E-state index is 10.8. The third kappa shape index (κ3) is 1.44. The molecule has 2 bridgehead atoms. The Hall–Kier alpha value is -1.03. The van der Waals surface area contributed by atoms with Crippen molar-refractivity contribution in [2.45, 2.75) is 25.3 Å². The van der Waals surface area contributed by atoms with Crippen molar-refractivity contribution >= 4 is 22.3 Å². The van der Waals surface area contributed by atoms with E-state index in [2.05, 4.69) is 4.90 Å². The molecule has 1 saturated carbocycles. The Morgan fingerprint density at radius 3 is 2.87 bits per heavy atom. The standard InChI is InChI=1S/C11H13NO2S/c13-11(14)9-3-4-10(15-9)12-6-7-1-2-8(12)5-7/h3-4,7-8H,1-2,5-6H2,(H,13,14). The van der Waals surface area contributed by atoms with Crippen LogP contribution in [-0.2, 0) is 0 Å². The van der Waals surface area contributed by atoms with Crippen LogP contribution in [-0.4, -0.2) is 23.7 Å². The van der Waals surface area contributed by atoms with Gasteiger partial charge >= 0.3 is 5.97 Å². The lowest BCUT2D eigenvalue weighted by Crippen LogP contribution is -2.30. The average Bonchev–Trinajstić information content (AvgIpc) is 2.93. The summed E-state index contributed by atoms with van der Waals surface area (Å²) in [5.74, 6) is 0.0426. The van der Waals surface area contributed by atoms with E-state index in [4.69, 9.17) is 5.11 Å². The summed E-state index contributed by atoms with van der Waals surface area (Å²) < 4.78 is 0. The van der Waals surface area contributed by atoms with Gasteiger partial charge in [-0.1, -0.05) is 0 Å². The van der Waals surface area contributed by atoms with Gasteiger partial charge in [0.2, 0.25) is 0 Å². The number of carbonyl (C=O) groups is 1. The normalized spacial score (nSPS) is 28.7. The van der Waals surface area contributed by atoms with Crippen molar-refractivity contribution in [1.29, 1.82) is 0 Å². The Kier molecular flexibility index (Phi) is 1.99. The Bertz CT molecular complexity index is 401. The van der Waals surface area contributed by atoms with E-state index in [1.54, 1.807) is 6.07 Å². The predicted molar refractivity (Wildman–Crippen MR) is 59.8 cm³/mol. The van der Waals surface area contributed by atoms with Gasteiger partial charge < -0.3 is 10.0 Å². The van der Waals surface area contributed by atoms with Gasteiger partial charge in [0.05, 0.1) is 5.00 Å². The Balaban J connectivity index is 1.84. The molecule has 0 radical (unpaired) electrons. The van der Waals surface area contributed by atoms with E-state index in [1.807, 2.05) is 6.07 Å². The number of rotatable bonds is 2. The number of carboxylic acid groups (broad SMARTS) is 1. The Morgan fingerprint density at radius 2 is 2.33 bits per heavy atom. The lowest BCUT2D eigenvalue weighted by molar-refractivity contribution is 0.0702. The maximum atomic E-state index is 10.8. The minimum atomic E-state index is -0.810. The molecule has 2 aliphatic rings. The summed E-state index contributed by atoms with van der Waals surface area (Å²) in [7, 11) is 0. The molecular formula is C11H13NO2S. The van der Waals surface area contributed by atoms with Gasteiger partial charge in [-0.3, -0.25) is 0 Å². The van der Waals surface area contributed by atoms with E-state index in [0.717, 1.165) is 17.5 Å². The molecule has 2 heterocycles. The van der Waals surface area contributed by atoms with Crippen LogP contribution < -0.4 is 4.90 Å². The van der Waals surface area contributed by atoms with Crippen molar-refractivity contribution in [2.24, 2.45) is 5.92 Å². The Labute approximate surface area is 92.3 Å². The quantitative estimate of drug-likeness (QED) is 0.837. The summed E-state index contributed by atoms with van der Waals surface area (Å²) in [6.45, 7) is 1.13. The molecule has 1 aliphatic heterocycles. The molecular weight excluding hydrogens is 210 g/mol. The fraction of sp³-hybridized carbons (Fsp3) is 0.545. The van der Waals surface area contributed by atoms with Gasteiger partial charge in [-0.15, -0.1) is 11.3 Å². The van der Waals surface area contributed by atoms with Crippen molar-refractivity contribution in [2.75, 3.05) is 11.4 Å². The number of hydrogen-bond donors (Lipinski definition) is 1. The first-order chi connectivity index (χ1) is 7.24. The van der Waals surface area contributed by atoms with Gasteiger partial charge in [0.1, 0.15) is 4.88 Å². The first-order valence-electron chi connectivity index (χ1n) is 5.34. The summed E-state index contributed by atoms with van der Waals surface area (Å²) in [6, 6.07) is 4.35. The molecule has 0 spiro atoms. The second-order valence-corrected chi connectivity index (χ2v) is 5.49. The predicted octanol–water partition coefficient (Wildman–Crippen LogP) is 2.44. The van der Waals surface area contributed by atoms with E-state index in [-0.39, 0.29) is 0 Å². The lowest BCUT2D eigenvalue weighted by Gasteiger charge is -2.27. The topological polar surface area (TPSA) is 40.5 Å². The van der Waals surface area contributed by atoms with Crippen molar-refractivity contribution in [3.8, 4) is 0 Å². The van der Waals surface area contributed by atoms with Gasteiger partial charge in [-0.25, -0.2) is 4.79 Å². The summed E-state index contributed by atoms with van der Waals surface area (Å²) in [6.07, 6.45) is 3.95. The molecule has 1 aromatic rings. The van der Waals surface area contributed by atoms with Crippen LogP contribution in [0, 0.1) is 5.92 Å². The van der Waals surface area contributed by atoms with Gasteiger partial charge in [0, 0.05) is 12.6 Å². The molecule has 0 aromatic carbocycles. The zero-order valence-corrected chi connectivity index (χ0v) is 9.17. The van der Waals surface area contributed by atoms with Gasteiger partial charge in [0.25, 0.3) is 0 Å². The van der Waals surface area contributed by atoms with Crippen LogP contribution in [0.25, 0.3) is 0 Å². The van der Waals surface area contributed by atoms with Crippen LogP contribution in [0.3, 0.4) is 0 Å². The molecule has 2 atom stereocenters. The fourth-order valence-electron chi connectivity index (χ4n) is 2.79. The van der Waals surface area contributed by atoms with Crippen LogP contribution in [0.1, 0.15) is 28.9 Å². The summed E-state index contributed by atoms with van der Waals surface area (Å²) in [4.78, 5) is 13.6. The average molecular weight is 223 g/mol. The second-order valence-electron chi connectivity index (χ2n) is 4.43. The fourth-order valence-corrected chi connectivity index (χ4v) is 3.72. The summed E-state index contributed by atoms with van der Waals surface area (Å²) >= 11 is 1.40. The molecule has 1 aliphatic carbocycles. The smallest absolute Gasteiger partial charge is 0.345 e. The van der Waals surface area contributed by atoms with Crippen LogP contribution in [0.5, 0.6) is 0 Å². The second kappa shape index (κ2) is 3.23. The van der Waals surface area contributed by atoms with Crippen molar-refractivity contribution in [3.05, 3.63) is 17.0 Å². The number of hydrogen-bond acceptors (Lipinski definition) is 3. The van der Waals surface area contributed by atoms with Crippen LogP contribution in [0.15, 0.2) is 12.1 Å². The van der Waals surface area contributed by atoms with Crippen molar-refractivity contribution in [1.82, 2.24) is 0 Å². The zero-order chi connectivity index (χ0) is 10.4. The lowest BCUT2D eigenvalue weighted by atomic mass is 10.1. The van der Waals surface area contributed by atoms with E-state index in [0.29, 0.717) is 10.9 Å². The molecule has 0 amide bonds. The molecule has 2 unspecified atom stereocenters. The zero-order valence-electron chi connectivity index (χ0n) is 8.35. The summed E-state index contributed by atoms with van der Waals surface area (Å²) in [5, 5.41) is 10.0. The minimum absolute atomic E-state index is 0.452. The number of fused-ring (bicyclic) bond motifs is 2. The van der Waals surface area contributed by atoms with Crippen molar-refractivity contribution in [3.63, 3.8) is 0 Å². The van der Waals surface area contributed by atoms with E-state index >= 15 is 0 Å². The SMILES string of the molecule is O=C(O)c1ccc(N2CC3CCC2C3)s1. The summed E-state index contributed by atoms with van der Waals surface area (Å²) in [5.41, 5.74) is 0. The maximum Gasteiger partial charge on any atom is 0.345 e. The van der Waals surface area contributed by atoms with Gasteiger partial charge in [-0.2, -0.15) is 0 Å². The van der Waals surface area contributed by atoms with Crippen LogP contribution in [0.4, 0.5) is 5.00 Å². The number of piperidine rings is 1. The van der Waals surface area contributed by atoms with E-state index in [9.17, 15) is 4.79 Å². The molecule has 1 saturated heterocycles. The van der Waals surface area contributed by atoms with Gasteiger partial charge in [0.15, 0.2) is 0 Å². The molecule has 1 N–H and O–H groups in total. The molecule has 4 heteroatoms. The number of anilines is 1. The molecule has 3 rings (SSSR count).